The average molecular weight is 230 g/mol. The standard InChI is InChI=1S/C14H18N2O/c1-10-8-13(5-4-12(10)9-15)16-14(3)6-7-17-11(14)2/h4-5,8,11,16H,6-7H2,1-3H3. The third-order valence-electron chi connectivity index (χ3n) is 3.66. The summed E-state index contributed by atoms with van der Waals surface area (Å²) in [6.45, 7) is 7.04. The zero-order valence-corrected chi connectivity index (χ0v) is 10.6. The Labute approximate surface area is 102 Å². The van der Waals surface area contributed by atoms with Crippen LogP contribution in [0.25, 0.3) is 0 Å². The van der Waals surface area contributed by atoms with Gasteiger partial charge in [0, 0.05) is 12.3 Å². The van der Waals surface area contributed by atoms with Crippen molar-refractivity contribution in [2.45, 2.75) is 38.8 Å². The number of aryl methyl sites for hydroxylation is 1. The summed E-state index contributed by atoms with van der Waals surface area (Å²) < 4.78 is 5.60. The molecule has 0 aliphatic carbocycles. The minimum Gasteiger partial charge on any atom is -0.377 e. The summed E-state index contributed by atoms with van der Waals surface area (Å²) in [5.41, 5.74) is 2.78. The van der Waals surface area contributed by atoms with Crippen LogP contribution in [0.15, 0.2) is 18.2 Å². The molecule has 0 radical (unpaired) electrons. The Bertz CT molecular complexity index is 464. The molecule has 1 aromatic carbocycles. The van der Waals surface area contributed by atoms with Crippen molar-refractivity contribution in [3.05, 3.63) is 29.3 Å². The van der Waals surface area contributed by atoms with Gasteiger partial charge in [0.1, 0.15) is 0 Å². The van der Waals surface area contributed by atoms with Crippen molar-refractivity contribution < 1.29 is 4.74 Å². The minimum absolute atomic E-state index is 0.0133. The van der Waals surface area contributed by atoms with Gasteiger partial charge in [-0.2, -0.15) is 5.26 Å². The molecule has 1 saturated heterocycles. The van der Waals surface area contributed by atoms with E-state index in [0.29, 0.717) is 0 Å². The Morgan fingerprint density at radius 2 is 2.29 bits per heavy atom. The van der Waals surface area contributed by atoms with Gasteiger partial charge >= 0.3 is 0 Å². The van der Waals surface area contributed by atoms with Gasteiger partial charge in [0.2, 0.25) is 0 Å². The molecule has 0 bridgehead atoms. The van der Waals surface area contributed by atoms with Crippen LogP contribution in [0.5, 0.6) is 0 Å². The van der Waals surface area contributed by atoms with Crippen LogP contribution < -0.4 is 5.32 Å². The number of hydrogen-bond acceptors (Lipinski definition) is 3. The lowest BCUT2D eigenvalue weighted by Gasteiger charge is -2.30. The molecule has 90 valence electrons. The van der Waals surface area contributed by atoms with Gasteiger partial charge in [0.05, 0.1) is 23.3 Å². The van der Waals surface area contributed by atoms with Gasteiger partial charge in [-0.05, 0) is 51.0 Å². The second kappa shape index (κ2) is 4.38. The lowest BCUT2D eigenvalue weighted by molar-refractivity contribution is 0.105. The van der Waals surface area contributed by atoms with Gasteiger partial charge in [-0.15, -0.1) is 0 Å². The van der Waals surface area contributed by atoms with E-state index in [1.54, 1.807) is 0 Å². The van der Waals surface area contributed by atoms with Crippen LogP contribution in [0.4, 0.5) is 5.69 Å². The number of benzene rings is 1. The van der Waals surface area contributed by atoms with Crippen molar-refractivity contribution in [1.82, 2.24) is 0 Å². The molecule has 1 aliphatic heterocycles. The number of anilines is 1. The van der Waals surface area contributed by atoms with Gasteiger partial charge in [-0.1, -0.05) is 0 Å². The summed E-state index contributed by atoms with van der Waals surface area (Å²) in [7, 11) is 0. The maximum atomic E-state index is 8.90. The van der Waals surface area contributed by atoms with Gasteiger partial charge in [-0.3, -0.25) is 0 Å². The summed E-state index contributed by atoms with van der Waals surface area (Å²) in [6.07, 6.45) is 1.21. The monoisotopic (exact) mass is 230 g/mol. The predicted molar refractivity (Wildman–Crippen MR) is 68.0 cm³/mol. The Hall–Kier alpha value is -1.53. The number of nitriles is 1. The SMILES string of the molecule is Cc1cc(NC2(C)CCOC2C)ccc1C#N. The van der Waals surface area contributed by atoms with Gasteiger partial charge in [0.15, 0.2) is 0 Å². The summed E-state index contributed by atoms with van der Waals surface area (Å²) in [6, 6.07) is 8.03. The third-order valence-corrected chi connectivity index (χ3v) is 3.66. The van der Waals surface area contributed by atoms with Crippen molar-refractivity contribution in [2.24, 2.45) is 0 Å². The predicted octanol–water partition coefficient (Wildman–Crippen LogP) is 2.85. The molecule has 1 heterocycles. The molecule has 0 aromatic heterocycles. The van der Waals surface area contributed by atoms with Crippen molar-refractivity contribution >= 4 is 5.69 Å². The van der Waals surface area contributed by atoms with Gasteiger partial charge in [-0.25, -0.2) is 0 Å². The van der Waals surface area contributed by atoms with Crippen molar-refractivity contribution in [3.8, 4) is 6.07 Å². The highest BCUT2D eigenvalue weighted by molar-refractivity contribution is 5.53. The molecular weight excluding hydrogens is 212 g/mol. The van der Waals surface area contributed by atoms with Crippen molar-refractivity contribution in [1.29, 1.82) is 5.26 Å². The number of nitrogens with zero attached hydrogens (tertiary/aromatic N) is 1. The first-order chi connectivity index (χ1) is 8.05. The Morgan fingerprint density at radius 3 is 2.82 bits per heavy atom. The Kier molecular flexibility index (Phi) is 3.08. The van der Waals surface area contributed by atoms with E-state index in [4.69, 9.17) is 10.00 Å². The number of hydrogen-bond donors (Lipinski definition) is 1. The van der Waals surface area contributed by atoms with E-state index in [0.717, 1.165) is 29.8 Å². The maximum absolute atomic E-state index is 8.90. The first kappa shape index (κ1) is 11.9. The zero-order valence-electron chi connectivity index (χ0n) is 10.6. The van der Waals surface area contributed by atoms with Crippen LogP contribution in [0, 0.1) is 18.3 Å². The molecule has 1 aliphatic rings. The first-order valence-electron chi connectivity index (χ1n) is 5.96. The molecular formula is C14H18N2O. The lowest BCUT2D eigenvalue weighted by atomic mass is 9.94. The summed E-state index contributed by atoms with van der Waals surface area (Å²) >= 11 is 0. The quantitative estimate of drug-likeness (QED) is 0.849. The minimum atomic E-state index is -0.0133. The van der Waals surface area contributed by atoms with Gasteiger partial charge < -0.3 is 10.1 Å². The topological polar surface area (TPSA) is 45.0 Å². The number of ether oxygens (including phenoxy) is 1. The molecule has 0 spiro atoms. The van der Waals surface area contributed by atoms with E-state index in [1.807, 2.05) is 25.1 Å². The fourth-order valence-corrected chi connectivity index (χ4v) is 2.20. The fourth-order valence-electron chi connectivity index (χ4n) is 2.20. The van der Waals surface area contributed by atoms with E-state index in [2.05, 4.69) is 25.2 Å². The molecule has 2 atom stereocenters. The summed E-state index contributed by atoms with van der Waals surface area (Å²) in [5.74, 6) is 0. The highest BCUT2D eigenvalue weighted by Gasteiger charge is 2.36. The van der Waals surface area contributed by atoms with Crippen LogP contribution in [0.1, 0.15) is 31.4 Å². The molecule has 2 unspecified atom stereocenters. The van der Waals surface area contributed by atoms with Crippen LogP contribution in [0.3, 0.4) is 0 Å². The molecule has 0 saturated carbocycles. The lowest BCUT2D eigenvalue weighted by Crippen LogP contribution is -2.41. The largest absolute Gasteiger partial charge is 0.377 e. The van der Waals surface area contributed by atoms with E-state index in [9.17, 15) is 0 Å². The smallest absolute Gasteiger partial charge is 0.0994 e. The van der Waals surface area contributed by atoms with E-state index >= 15 is 0 Å². The normalized spacial score (nSPS) is 27.8. The third kappa shape index (κ3) is 2.27. The molecule has 3 heteroatoms. The summed E-state index contributed by atoms with van der Waals surface area (Å²) in [4.78, 5) is 0. The van der Waals surface area contributed by atoms with E-state index < -0.39 is 0 Å². The molecule has 1 N–H and O–H groups in total. The molecule has 1 aromatic rings. The highest BCUT2D eigenvalue weighted by Crippen LogP contribution is 2.30. The first-order valence-corrected chi connectivity index (χ1v) is 5.96. The van der Waals surface area contributed by atoms with E-state index in [-0.39, 0.29) is 11.6 Å². The Balaban J connectivity index is 2.20. The average Bonchev–Trinajstić information content (AvgIpc) is 2.59. The summed E-state index contributed by atoms with van der Waals surface area (Å²) in [5, 5.41) is 12.4. The van der Waals surface area contributed by atoms with E-state index in [1.165, 1.54) is 0 Å². The van der Waals surface area contributed by atoms with Crippen LogP contribution in [0.2, 0.25) is 0 Å². The maximum Gasteiger partial charge on any atom is 0.0994 e. The molecule has 1 fully saturated rings. The molecule has 17 heavy (non-hydrogen) atoms. The Morgan fingerprint density at radius 1 is 1.53 bits per heavy atom. The second-order valence-corrected chi connectivity index (χ2v) is 4.95. The number of nitrogens with one attached hydrogen (secondary N) is 1. The molecule has 2 rings (SSSR count). The zero-order chi connectivity index (χ0) is 12.5. The highest BCUT2D eigenvalue weighted by atomic mass is 16.5. The molecule has 0 amide bonds. The number of rotatable bonds is 2. The van der Waals surface area contributed by atoms with Crippen molar-refractivity contribution in [2.75, 3.05) is 11.9 Å². The van der Waals surface area contributed by atoms with Crippen LogP contribution in [-0.2, 0) is 4.74 Å². The van der Waals surface area contributed by atoms with Crippen LogP contribution >= 0.6 is 0 Å². The van der Waals surface area contributed by atoms with Gasteiger partial charge in [0.25, 0.3) is 0 Å². The molecule has 3 nitrogen and oxygen atoms in total. The fraction of sp³-hybridized carbons (Fsp3) is 0.500. The van der Waals surface area contributed by atoms with Crippen LogP contribution in [-0.4, -0.2) is 18.2 Å². The van der Waals surface area contributed by atoms with Crippen molar-refractivity contribution in [3.63, 3.8) is 0 Å². The second-order valence-electron chi connectivity index (χ2n) is 4.95.